The van der Waals surface area contributed by atoms with Crippen LogP contribution in [0.3, 0.4) is 0 Å². The third-order valence-electron chi connectivity index (χ3n) is 3.39. The minimum Gasteiger partial charge on any atom is -0.319 e. The second-order valence-electron chi connectivity index (χ2n) is 5.01. The van der Waals surface area contributed by atoms with E-state index in [1.807, 2.05) is 0 Å². The topological polar surface area (TPSA) is 38.9 Å². The van der Waals surface area contributed by atoms with Crippen LogP contribution in [-0.4, -0.2) is 4.98 Å². The molecule has 0 aliphatic heterocycles. The van der Waals surface area contributed by atoms with Crippen molar-refractivity contribution >= 4 is 11.3 Å². The summed E-state index contributed by atoms with van der Waals surface area (Å²) in [5, 5.41) is 3.22. The van der Waals surface area contributed by atoms with E-state index in [-0.39, 0.29) is 5.54 Å². The van der Waals surface area contributed by atoms with Gasteiger partial charge in [-0.3, -0.25) is 0 Å². The minimum atomic E-state index is -0.110. The van der Waals surface area contributed by atoms with Gasteiger partial charge in [0.25, 0.3) is 0 Å². The van der Waals surface area contributed by atoms with Crippen LogP contribution in [0.2, 0.25) is 0 Å². The third kappa shape index (κ3) is 1.90. The first-order valence-electron chi connectivity index (χ1n) is 5.91. The fraction of sp³-hybridized carbons (Fsp3) is 0.357. The summed E-state index contributed by atoms with van der Waals surface area (Å²) in [6, 6.07) is 6.49. The fourth-order valence-corrected chi connectivity index (χ4v) is 2.98. The second kappa shape index (κ2) is 3.65. The molecule has 1 heterocycles. The summed E-state index contributed by atoms with van der Waals surface area (Å²) in [6.45, 7) is 4.24. The van der Waals surface area contributed by atoms with Crippen LogP contribution < -0.4 is 5.73 Å². The van der Waals surface area contributed by atoms with Crippen molar-refractivity contribution in [2.45, 2.75) is 32.2 Å². The highest BCUT2D eigenvalue weighted by Crippen LogP contribution is 2.44. The van der Waals surface area contributed by atoms with Gasteiger partial charge in [-0.15, -0.1) is 11.3 Å². The van der Waals surface area contributed by atoms with Crippen molar-refractivity contribution in [3.63, 3.8) is 0 Å². The van der Waals surface area contributed by atoms with E-state index in [1.165, 1.54) is 16.7 Å². The number of nitrogens with zero attached hydrogens (tertiary/aromatic N) is 1. The van der Waals surface area contributed by atoms with Crippen LogP contribution in [0.1, 0.15) is 29.0 Å². The maximum Gasteiger partial charge on any atom is 0.113 e. The Morgan fingerprint density at radius 2 is 2.06 bits per heavy atom. The van der Waals surface area contributed by atoms with Gasteiger partial charge in [0.15, 0.2) is 0 Å². The summed E-state index contributed by atoms with van der Waals surface area (Å²) in [5.41, 5.74) is 10.9. The number of nitrogens with two attached hydrogens (primary N) is 1. The molecular formula is C14H16N2S. The molecule has 1 aliphatic rings. The summed E-state index contributed by atoms with van der Waals surface area (Å²) >= 11 is 1.69. The predicted molar refractivity (Wildman–Crippen MR) is 72.1 cm³/mol. The molecule has 1 saturated carbocycles. The molecule has 0 saturated heterocycles. The number of hydrogen-bond donors (Lipinski definition) is 1. The number of benzene rings is 1. The van der Waals surface area contributed by atoms with E-state index in [0.717, 1.165) is 23.5 Å². The Morgan fingerprint density at radius 3 is 2.76 bits per heavy atom. The molecule has 0 unspecified atom stereocenters. The standard InChI is InChI=1S/C14H16N2S/c1-9-3-4-10(2)11(7-9)12-8-17-13(16-12)14(15)5-6-14/h3-4,7-8H,5-6,15H2,1-2H3. The van der Waals surface area contributed by atoms with Gasteiger partial charge < -0.3 is 5.73 Å². The molecule has 1 aliphatic carbocycles. The van der Waals surface area contributed by atoms with E-state index in [4.69, 9.17) is 10.7 Å². The van der Waals surface area contributed by atoms with E-state index >= 15 is 0 Å². The summed E-state index contributed by atoms with van der Waals surface area (Å²) in [4.78, 5) is 4.71. The van der Waals surface area contributed by atoms with E-state index in [2.05, 4.69) is 37.4 Å². The summed E-state index contributed by atoms with van der Waals surface area (Å²) in [7, 11) is 0. The number of hydrogen-bond acceptors (Lipinski definition) is 3. The fourth-order valence-electron chi connectivity index (χ4n) is 1.99. The zero-order chi connectivity index (χ0) is 12.0. The Balaban J connectivity index is 2.03. The Labute approximate surface area is 106 Å². The zero-order valence-electron chi connectivity index (χ0n) is 10.2. The molecule has 88 valence electrons. The van der Waals surface area contributed by atoms with Crippen molar-refractivity contribution in [3.05, 3.63) is 39.7 Å². The monoisotopic (exact) mass is 244 g/mol. The van der Waals surface area contributed by atoms with Gasteiger partial charge in [-0.05, 0) is 38.3 Å². The molecule has 3 heteroatoms. The lowest BCUT2D eigenvalue weighted by molar-refractivity contribution is 0.732. The van der Waals surface area contributed by atoms with E-state index in [9.17, 15) is 0 Å². The molecule has 2 aromatic rings. The molecule has 0 amide bonds. The summed E-state index contributed by atoms with van der Waals surface area (Å²) in [6.07, 6.45) is 2.15. The minimum absolute atomic E-state index is 0.110. The number of aryl methyl sites for hydroxylation is 2. The van der Waals surface area contributed by atoms with Crippen molar-refractivity contribution in [3.8, 4) is 11.3 Å². The van der Waals surface area contributed by atoms with Crippen molar-refractivity contribution in [2.24, 2.45) is 5.73 Å². The first-order chi connectivity index (χ1) is 8.08. The van der Waals surface area contributed by atoms with Crippen molar-refractivity contribution in [2.75, 3.05) is 0 Å². The Kier molecular flexibility index (Phi) is 2.35. The van der Waals surface area contributed by atoms with Gasteiger partial charge in [0.1, 0.15) is 5.01 Å². The van der Waals surface area contributed by atoms with Crippen molar-refractivity contribution in [1.29, 1.82) is 0 Å². The molecule has 0 atom stereocenters. The van der Waals surface area contributed by atoms with Gasteiger partial charge in [0.2, 0.25) is 0 Å². The van der Waals surface area contributed by atoms with E-state index in [0.29, 0.717) is 0 Å². The smallest absolute Gasteiger partial charge is 0.113 e. The van der Waals surface area contributed by atoms with Crippen molar-refractivity contribution < 1.29 is 0 Å². The average molecular weight is 244 g/mol. The lowest BCUT2D eigenvalue weighted by Gasteiger charge is -2.05. The molecule has 17 heavy (non-hydrogen) atoms. The Hall–Kier alpha value is -1.19. The second-order valence-corrected chi connectivity index (χ2v) is 5.87. The molecule has 2 N–H and O–H groups in total. The SMILES string of the molecule is Cc1ccc(C)c(-c2csc(C3(N)CC3)n2)c1. The van der Waals surface area contributed by atoms with Gasteiger partial charge in [-0.1, -0.05) is 17.7 Å². The largest absolute Gasteiger partial charge is 0.319 e. The van der Waals surface area contributed by atoms with E-state index < -0.39 is 0 Å². The maximum atomic E-state index is 6.18. The molecule has 0 bridgehead atoms. The maximum absolute atomic E-state index is 6.18. The van der Waals surface area contributed by atoms with Crippen LogP contribution in [0.5, 0.6) is 0 Å². The number of aromatic nitrogens is 1. The quantitative estimate of drug-likeness (QED) is 0.879. The van der Waals surface area contributed by atoms with Crippen LogP contribution in [0.15, 0.2) is 23.6 Å². The first-order valence-corrected chi connectivity index (χ1v) is 6.79. The number of thiazole rings is 1. The highest BCUT2D eigenvalue weighted by Gasteiger charge is 2.42. The van der Waals surface area contributed by atoms with Crippen LogP contribution in [0.4, 0.5) is 0 Å². The molecule has 2 nitrogen and oxygen atoms in total. The Bertz CT molecular complexity index is 567. The molecule has 3 rings (SSSR count). The van der Waals surface area contributed by atoms with Crippen LogP contribution in [-0.2, 0) is 5.54 Å². The van der Waals surface area contributed by atoms with Gasteiger partial charge >= 0.3 is 0 Å². The lowest BCUT2D eigenvalue weighted by atomic mass is 10.0. The zero-order valence-corrected chi connectivity index (χ0v) is 11.0. The average Bonchev–Trinajstić information content (AvgIpc) is 2.88. The molecule has 0 spiro atoms. The van der Waals surface area contributed by atoms with Gasteiger partial charge in [-0.2, -0.15) is 0 Å². The normalized spacial score (nSPS) is 17.1. The highest BCUT2D eigenvalue weighted by molar-refractivity contribution is 7.10. The van der Waals surface area contributed by atoms with Gasteiger partial charge in [-0.25, -0.2) is 4.98 Å². The van der Waals surface area contributed by atoms with Gasteiger partial charge in [0, 0.05) is 10.9 Å². The molecule has 1 fully saturated rings. The third-order valence-corrected chi connectivity index (χ3v) is 4.45. The molecule has 0 radical (unpaired) electrons. The predicted octanol–water partition coefficient (Wildman–Crippen LogP) is 3.37. The molecular weight excluding hydrogens is 228 g/mol. The first kappa shape index (κ1) is 10.9. The lowest BCUT2D eigenvalue weighted by Crippen LogP contribution is -2.18. The summed E-state index contributed by atoms with van der Waals surface area (Å²) in [5.74, 6) is 0. The van der Waals surface area contributed by atoms with Crippen molar-refractivity contribution in [1.82, 2.24) is 4.98 Å². The van der Waals surface area contributed by atoms with Crippen LogP contribution in [0, 0.1) is 13.8 Å². The number of rotatable bonds is 2. The summed E-state index contributed by atoms with van der Waals surface area (Å²) < 4.78 is 0. The van der Waals surface area contributed by atoms with E-state index in [1.54, 1.807) is 11.3 Å². The molecule has 1 aromatic carbocycles. The Morgan fingerprint density at radius 1 is 1.29 bits per heavy atom. The van der Waals surface area contributed by atoms with Gasteiger partial charge in [0.05, 0.1) is 11.2 Å². The van der Waals surface area contributed by atoms with Crippen LogP contribution in [0.25, 0.3) is 11.3 Å². The highest BCUT2D eigenvalue weighted by atomic mass is 32.1. The molecule has 1 aromatic heterocycles. The van der Waals surface area contributed by atoms with Crippen LogP contribution >= 0.6 is 11.3 Å².